The van der Waals surface area contributed by atoms with Crippen LogP contribution in [-0.2, 0) is 6.61 Å². The summed E-state index contributed by atoms with van der Waals surface area (Å²) in [7, 11) is 0. The Balaban J connectivity index is 2.31. The van der Waals surface area contributed by atoms with Crippen molar-refractivity contribution in [3.05, 3.63) is 59.4 Å². The molecule has 2 aromatic carbocycles. The highest BCUT2D eigenvalue weighted by atomic mass is 19.1. The fourth-order valence-corrected chi connectivity index (χ4v) is 1.74. The quantitative estimate of drug-likeness (QED) is 0.889. The average Bonchev–Trinajstić information content (AvgIpc) is 2.41. The molecule has 0 bridgehead atoms. The Morgan fingerprint density at radius 3 is 2.42 bits per heavy atom. The smallest absolute Gasteiger partial charge is 0.168 e. The van der Waals surface area contributed by atoms with Gasteiger partial charge < -0.3 is 14.9 Å². The van der Waals surface area contributed by atoms with Crippen molar-refractivity contribution in [2.24, 2.45) is 0 Å². The monoisotopic (exact) mass is 262 g/mol. The van der Waals surface area contributed by atoms with Crippen LogP contribution in [0, 0.1) is 5.82 Å². The van der Waals surface area contributed by atoms with Crippen molar-refractivity contribution in [3.63, 3.8) is 0 Å². The lowest BCUT2D eigenvalue weighted by molar-refractivity contribution is 0.194. The van der Waals surface area contributed by atoms with E-state index >= 15 is 0 Å². The minimum Gasteiger partial charge on any atom is -0.454 e. The van der Waals surface area contributed by atoms with E-state index in [-0.39, 0.29) is 12.4 Å². The molecule has 0 aromatic heterocycles. The SMILES string of the molecule is C[C@H](O)c1cccc(F)c1Oc1ccc(CO)cc1. The minimum absolute atomic E-state index is 0.0225. The lowest BCUT2D eigenvalue weighted by atomic mass is 10.1. The molecule has 2 N–H and O–H groups in total. The zero-order chi connectivity index (χ0) is 13.8. The van der Waals surface area contributed by atoms with Gasteiger partial charge in [0.25, 0.3) is 0 Å². The maximum atomic E-state index is 13.8. The van der Waals surface area contributed by atoms with Gasteiger partial charge in [-0.05, 0) is 30.7 Å². The van der Waals surface area contributed by atoms with Gasteiger partial charge in [0.15, 0.2) is 11.6 Å². The summed E-state index contributed by atoms with van der Waals surface area (Å²) in [5, 5.41) is 18.6. The Morgan fingerprint density at radius 2 is 1.84 bits per heavy atom. The van der Waals surface area contributed by atoms with Gasteiger partial charge in [-0.3, -0.25) is 0 Å². The zero-order valence-corrected chi connectivity index (χ0v) is 10.5. The Morgan fingerprint density at radius 1 is 1.16 bits per heavy atom. The lowest BCUT2D eigenvalue weighted by Gasteiger charge is -2.14. The Hall–Kier alpha value is -1.91. The average molecular weight is 262 g/mol. The summed E-state index contributed by atoms with van der Waals surface area (Å²) >= 11 is 0. The molecule has 1 atom stereocenters. The van der Waals surface area contributed by atoms with E-state index in [2.05, 4.69) is 0 Å². The van der Waals surface area contributed by atoms with Crippen molar-refractivity contribution in [1.29, 1.82) is 0 Å². The molecule has 3 nitrogen and oxygen atoms in total. The van der Waals surface area contributed by atoms with Crippen LogP contribution in [0.15, 0.2) is 42.5 Å². The summed E-state index contributed by atoms with van der Waals surface area (Å²) in [4.78, 5) is 0. The minimum atomic E-state index is -0.817. The summed E-state index contributed by atoms with van der Waals surface area (Å²) in [6.45, 7) is 1.50. The van der Waals surface area contributed by atoms with Crippen molar-refractivity contribution in [2.45, 2.75) is 19.6 Å². The van der Waals surface area contributed by atoms with E-state index in [9.17, 15) is 9.50 Å². The van der Waals surface area contributed by atoms with Crippen LogP contribution in [0.1, 0.15) is 24.2 Å². The van der Waals surface area contributed by atoms with Crippen molar-refractivity contribution in [3.8, 4) is 11.5 Å². The number of hydrogen-bond acceptors (Lipinski definition) is 3. The van der Waals surface area contributed by atoms with Gasteiger partial charge in [-0.1, -0.05) is 24.3 Å². The number of para-hydroxylation sites is 1. The summed E-state index contributed by atoms with van der Waals surface area (Å²) in [6, 6.07) is 11.1. The van der Waals surface area contributed by atoms with Gasteiger partial charge in [-0.25, -0.2) is 4.39 Å². The van der Waals surface area contributed by atoms with Gasteiger partial charge in [0.2, 0.25) is 0 Å². The molecule has 0 saturated heterocycles. The first-order chi connectivity index (χ1) is 9.11. The number of rotatable bonds is 4. The third kappa shape index (κ3) is 3.10. The van der Waals surface area contributed by atoms with E-state index in [4.69, 9.17) is 9.84 Å². The molecular weight excluding hydrogens is 247 g/mol. The van der Waals surface area contributed by atoms with Gasteiger partial charge in [-0.15, -0.1) is 0 Å². The van der Waals surface area contributed by atoms with Crippen molar-refractivity contribution >= 4 is 0 Å². The predicted molar refractivity (Wildman–Crippen MR) is 69.5 cm³/mol. The normalized spacial score (nSPS) is 12.2. The largest absolute Gasteiger partial charge is 0.454 e. The Labute approximate surface area is 110 Å². The summed E-state index contributed by atoms with van der Waals surface area (Å²) < 4.78 is 19.2. The van der Waals surface area contributed by atoms with Crippen LogP contribution in [-0.4, -0.2) is 10.2 Å². The fourth-order valence-electron chi connectivity index (χ4n) is 1.74. The van der Waals surface area contributed by atoms with E-state index in [1.54, 1.807) is 37.3 Å². The van der Waals surface area contributed by atoms with E-state index < -0.39 is 11.9 Å². The number of halogens is 1. The third-order valence-corrected chi connectivity index (χ3v) is 2.77. The molecule has 0 aliphatic rings. The van der Waals surface area contributed by atoms with Crippen LogP contribution in [0.4, 0.5) is 4.39 Å². The molecule has 19 heavy (non-hydrogen) atoms. The molecule has 100 valence electrons. The first-order valence-corrected chi connectivity index (χ1v) is 5.96. The third-order valence-electron chi connectivity index (χ3n) is 2.77. The lowest BCUT2D eigenvalue weighted by Crippen LogP contribution is -1.98. The van der Waals surface area contributed by atoms with Crippen molar-refractivity contribution in [1.82, 2.24) is 0 Å². The molecule has 0 heterocycles. The summed E-state index contributed by atoms with van der Waals surface area (Å²) in [6.07, 6.45) is -0.817. The van der Waals surface area contributed by atoms with Gasteiger partial charge >= 0.3 is 0 Å². The van der Waals surface area contributed by atoms with Crippen LogP contribution in [0.25, 0.3) is 0 Å². The van der Waals surface area contributed by atoms with E-state index in [0.29, 0.717) is 11.3 Å². The molecule has 0 aliphatic heterocycles. The second-order valence-electron chi connectivity index (χ2n) is 4.24. The number of aliphatic hydroxyl groups is 2. The fraction of sp³-hybridized carbons (Fsp3) is 0.200. The first-order valence-electron chi connectivity index (χ1n) is 5.96. The molecule has 4 heteroatoms. The molecule has 0 radical (unpaired) electrons. The number of hydrogen-bond donors (Lipinski definition) is 2. The Bertz CT molecular complexity index is 550. The molecule has 2 rings (SSSR count). The van der Waals surface area contributed by atoms with Crippen LogP contribution in [0.2, 0.25) is 0 Å². The predicted octanol–water partition coefficient (Wildman–Crippen LogP) is 3.16. The van der Waals surface area contributed by atoms with Gasteiger partial charge in [-0.2, -0.15) is 0 Å². The molecule has 0 amide bonds. The van der Waals surface area contributed by atoms with Crippen molar-refractivity contribution in [2.75, 3.05) is 0 Å². The van der Waals surface area contributed by atoms with Crippen molar-refractivity contribution < 1.29 is 19.3 Å². The highest BCUT2D eigenvalue weighted by Gasteiger charge is 2.14. The molecule has 0 spiro atoms. The first kappa shape index (κ1) is 13.5. The Kier molecular flexibility index (Phi) is 4.14. The van der Waals surface area contributed by atoms with Gasteiger partial charge in [0.1, 0.15) is 5.75 Å². The maximum Gasteiger partial charge on any atom is 0.168 e. The molecule has 0 unspecified atom stereocenters. The highest BCUT2D eigenvalue weighted by molar-refractivity contribution is 5.40. The standard InChI is InChI=1S/C15H15FO3/c1-10(18)13-3-2-4-14(16)15(13)19-12-7-5-11(9-17)6-8-12/h2-8,10,17-18H,9H2,1H3/t10-/m0/s1. The van der Waals surface area contributed by atoms with Crippen LogP contribution >= 0.6 is 0 Å². The van der Waals surface area contributed by atoms with E-state index in [1.807, 2.05) is 0 Å². The van der Waals surface area contributed by atoms with E-state index in [1.165, 1.54) is 12.1 Å². The molecule has 0 saturated carbocycles. The zero-order valence-electron chi connectivity index (χ0n) is 10.5. The number of ether oxygens (including phenoxy) is 1. The second kappa shape index (κ2) is 5.82. The van der Waals surface area contributed by atoms with Crippen LogP contribution in [0.5, 0.6) is 11.5 Å². The summed E-state index contributed by atoms with van der Waals surface area (Å²) in [5.41, 5.74) is 1.14. The topological polar surface area (TPSA) is 49.7 Å². The highest BCUT2D eigenvalue weighted by Crippen LogP contribution is 2.32. The number of aliphatic hydroxyl groups excluding tert-OH is 2. The summed E-state index contributed by atoms with van der Waals surface area (Å²) in [5.74, 6) is -0.0527. The van der Waals surface area contributed by atoms with Crippen LogP contribution < -0.4 is 4.74 Å². The molecule has 0 aliphatic carbocycles. The number of benzene rings is 2. The second-order valence-corrected chi connectivity index (χ2v) is 4.24. The molecule has 2 aromatic rings. The molecule has 0 fully saturated rings. The van der Waals surface area contributed by atoms with Gasteiger partial charge in [0.05, 0.1) is 12.7 Å². The van der Waals surface area contributed by atoms with E-state index in [0.717, 1.165) is 5.56 Å². The van der Waals surface area contributed by atoms with Gasteiger partial charge in [0, 0.05) is 5.56 Å². The maximum absolute atomic E-state index is 13.8. The molecular formula is C15H15FO3. The van der Waals surface area contributed by atoms with Crippen LogP contribution in [0.3, 0.4) is 0 Å².